The summed E-state index contributed by atoms with van der Waals surface area (Å²) in [7, 11) is 0. The molecule has 1 aliphatic rings. The standard InChI is InChI=1S/C16H25FN2/c1-3-12-5-7-13(8-6-12)16(19-18)14-10-11(2)4-9-15(14)17/h4,9-10,12-13,16,19H,3,5-8,18H2,1-2H3. The molecule has 2 nitrogen and oxygen atoms in total. The van der Waals surface area contributed by atoms with E-state index in [2.05, 4.69) is 12.3 Å². The normalized spacial score (nSPS) is 25.3. The molecule has 0 heterocycles. The Morgan fingerprint density at radius 1 is 1.32 bits per heavy atom. The zero-order valence-corrected chi connectivity index (χ0v) is 12.0. The van der Waals surface area contributed by atoms with Crippen LogP contribution in [0.15, 0.2) is 18.2 Å². The molecule has 3 heteroatoms. The van der Waals surface area contributed by atoms with Crippen LogP contribution < -0.4 is 11.3 Å². The molecule has 0 radical (unpaired) electrons. The topological polar surface area (TPSA) is 38.0 Å². The lowest BCUT2D eigenvalue weighted by Crippen LogP contribution is -2.36. The fourth-order valence-electron chi connectivity index (χ4n) is 3.31. The highest BCUT2D eigenvalue weighted by molar-refractivity contribution is 5.27. The van der Waals surface area contributed by atoms with Gasteiger partial charge in [-0.15, -0.1) is 0 Å². The van der Waals surface area contributed by atoms with Gasteiger partial charge >= 0.3 is 0 Å². The Morgan fingerprint density at radius 3 is 2.58 bits per heavy atom. The van der Waals surface area contributed by atoms with E-state index < -0.39 is 0 Å². The van der Waals surface area contributed by atoms with Crippen LogP contribution in [0.3, 0.4) is 0 Å². The zero-order valence-electron chi connectivity index (χ0n) is 12.0. The molecule has 1 aliphatic carbocycles. The lowest BCUT2D eigenvalue weighted by Gasteiger charge is -2.33. The van der Waals surface area contributed by atoms with E-state index in [-0.39, 0.29) is 11.9 Å². The van der Waals surface area contributed by atoms with Crippen molar-refractivity contribution in [1.82, 2.24) is 5.43 Å². The Morgan fingerprint density at radius 2 is 2.00 bits per heavy atom. The van der Waals surface area contributed by atoms with Crippen LogP contribution in [0.4, 0.5) is 4.39 Å². The molecule has 0 aliphatic heterocycles. The maximum Gasteiger partial charge on any atom is 0.128 e. The van der Waals surface area contributed by atoms with Gasteiger partial charge in [-0.2, -0.15) is 0 Å². The van der Waals surface area contributed by atoms with E-state index in [1.807, 2.05) is 13.0 Å². The molecule has 3 N–H and O–H groups in total. The lowest BCUT2D eigenvalue weighted by atomic mass is 9.76. The van der Waals surface area contributed by atoms with Gasteiger partial charge in [-0.1, -0.05) is 43.9 Å². The third-order valence-electron chi connectivity index (χ3n) is 4.61. The van der Waals surface area contributed by atoms with E-state index in [0.29, 0.717) is 5.92 Å². The molecule has 1 aromatic carbocycles. The number of hydrogen-bond acceptors (Lipinski definition) is 2. The van der Waals surface area contributed by atoms with Gasteiger partial charge in [-0.05, 0) is 37.7 Å². The van der Waals surface area contributed by atoms with Crippen LogP contribution in [-0.4, -0.2) is 0 Å². The van der Waals surface area contributed by atoms with Crippen molar-refractivity contribution < 1.29 is 4.39 Å². The van der Waals surface area contributed by atoms with Gasteiger partial charge in [-0.25, -0.2) is 4.39 Å². The van der Waals surface area contributed by atoms with Gasteiger partial charge < -0.3 is 0 Å². The monoisotopic (exact) mass is 264 g/mol. The van der Waals surface area contributed by atoms with Crippen molar-refractivity contribution in [2.24, 2.45) is 17.7 Å². The fraction of sp³-hybridized carbons (Fsp3) is 0.625. The highest BCUT2D eigenvalue weighted by atomic mass is 19.1. The predicted octanol–water partition coefficient (Wildman–Crippen LogP) is 3.85. The van der Waals surface area contributed by atoms with Crippen LogP contribution >= 0.6 is 0 Å². The van der Waals surface area contributed by atoms with Crippen molar-refractivity contribution in [2.45, 2.75) is 52.0 Å². The Kier molecular flexibility index (Phi) is 4.94. The second-order valence-corrected chi connectivity index (χ2v) is 5.86. The maximum absolute atomic E-state index is 14.0. The third kappa shape index (κ3) is 3.34. The first-order valence-corrected chi connectivity index (χ1v) is 7.37. The van der Waals surface area contributed by atoms with Gasteiger partial charge in [0.1, 0.15) is 5.82 Å². The zero-order chi connectivity index (χ0) is 13.8. The molecular weight excluding hydrogens is 239 g/mol. The minimum Gasteiger partial charge on any atom is -0.271 e. The van der Waals surface area contributed by atoms with Crippen molar-refractivity contribution >= 4 is 0 Å². The SMILES string of the molecule is CCC1CCC(C(NN)c2cc(C)ccc2F)CC1. The second-order valence-electron chi connectivity index (χ2n) is 5.86. The summed E-state index contributed by atoms with van der Waals surface area (Å²) in [6, 6.07) is 5.22. The van der Waals surface area contributed by atoms with E-state index in [9.17, 15) is 4.39 Å². The molecule has 1 unspecified atom stereocenters. The Bertz CT molecular complexity index is 411. The Hall–Kier alpha value is -0.930. The molecule has 19 heavy (non-hydrogen) atoms. The average Bonchev–Trinajstić information content (AvgIpc) is 2.44. The first kappa shape index (κ1) is 14.5. The molecule has 1 saturated carbocycles. The number of halogens is 1. The van der Waals surface area contributed by atoms with Crippen molar-refractivity contribution in [3.63, 3.8) is 0 Å². The van der Waals surface area contributed by atoms with Crippen LogP contribution in [0.5, 0.6) is 0 Å². The van der Waals surface area contributed by atoms with E-state index in [1.54, 1.807) is 12.1 Å². The van der Waals surface area contributed by atoms with E-state index in [1.165, 1.54) is 19.3 Å². The van der Waals surface area contributed by atoms with Crippen LogP contribution in [-0.2, 0) is 0 Å². The Labute approximate surface area is 115 Å². The molecule has 1 aromatic rings. The van der Waals surface area contributed by atoms with Crippen LogP contribution in [0.1, 0.15) is 56.2 Å². The van der Waals surface area contributed by atoms with Crippen LogP contribution in [0.2, 0.25) is 0 Å². The van der Waals surface area contributed by atoms with Gasteiger partial charge in [0.15, 0.2) is 0 Å². The third-order valence-corrected chi connectivity index (χ3v) is 4.61. The first-order valence-electron chi connectivity index (χ1n) is 7.37. The Balaban J connectivity index is 2.14. The van der Waals surface area contributed by atoms with Crippen molar-refractivity contribution in [1.29, 1.82) is 0 Å². The number of benzene rings is 1. The molecular formula is C16H25FN2. The minimum absolute atomic E-state index is 0.0577. The minimum atomic E-state index is -0.147. The van der Waals surface area contributed by atoms with Crippen LogP contribution in [0, 0.1) is 24.6 Å². The molecule has 2 rings (SSSR count). The van der Waals surface area contributed by atoms with Gasteiger partial charge in [-0.3, -0.25) is 11.3 Å². The van der Waals surface area contributed by atoms with Gasteiger partial charge in [0.05, 0.1) is 6.04 Å². The van der Waals surface area contributed by atoms with Crippen molar-refractivity contribution in [3.05, 3.63) is 35.1 Å². The van der Waals surface area contributed by atoms with Crippen molar-refractivity contribution in [2.75, 3.05) is 0 Å². The summed E-state index contributed by atoms with van der Waals surface area (Å²) in [5, 5.41) is 0. The average molecular weight is 264 g/mol. The maximum atomic E-state index is 14.0. The highest BCUT2D eigenvalue weighted by Gasteiger charge is 2.28. The highest BCUT2D eigenvalue weighted by Crippen LogP contribution is 2.38. The van der Waals surface area contributed by atoms with Gasteiger partial charge in [0.25, 0.3) is 0 Å². The lowest BCUT2D eigenvalue weighted by molar-refractivity contribution is 0.217. The smallest absolute Gasteiger partial charge is 0.128 e. The largest absolute Gasteiger partial charge is 0.271 e. The molecule has 0 aromatic heterocycles. The predicted molar refractivity (Wildman–Crippen MR) is 76.9 cm³/mol. The number of hydrazine groups is 1. The quantitative estimate of drug-likeness (QED) is 0.640. The van der Waals surface area contributed by atoms with Crippen LogP contribution in [0.25, 0.3) is 0 Å². The number of nitrogens with two attached hydrogens (primary N) is 1. The summed E-state index contributed by atoms with van der Waals surface area (Å²) in [6.45, 7) is 4.24. The molecule has 0 amide bonds. The van der Waals surface area contributed by atoms with E-state index >= 15 is 0 Å². The first-order chi connectivity index (χ1) is 9.15. The summed E-state index contributed by atoms with van der Waals surface area (Å²) in [5.74, 6) is 6.85. The summed E-state index contributed by atoms with van der Waals surface area (Å²) in [6.07, 6.45) is 6.02. The number of hydrogen-bond donors (Lipinski definition) is 2. The summed E-state index contributed by atoms with van der Waals surface area (Å²) >= 11 is 0. The molecule has 0 spiro atoms. The van der Waals surface area contributed by atoms with Crippen molar-refractivity contribution in [3.8, 4) is 0 Å². The molecule has 0 bridgehead atoms. The summed E-state index contributed by atoms with van der Waals surface area (Å²) in [5.41, 5.74) is 4.66. The van der Waals surface area contributed by atoms with E-state index in [0.717, 1.165) is 29.9 Å². The summed E-state index contributed by atoms with van der Waals surface area (Å²) < 4.78 is 14.0. The fourth-order valence-corrected chi connectivity index (χ4v) is 3.31. The number of nitrogens with one attached hydrogen (secondary N) is 1. The molecule has 1 fully saturated rings. The van der Waals surface area contributed by atoms with E-state index in [4.69, 9.17) is 5.84 Å². The number of rotatable bonds is 4. The number of aryl methyl sites for hydroxylation is 1. The van der Waals surface area contributed by atoms with Gasteiger partial charge in [0.2, 0.25) is 0 Å². The molecule has 1 atom stereocenters. The summed E-state index contributed by atoms with van der Waals surface area (Å²) in [4.78, 5) is 0. The molecule has 106 valence electrons. The second kappa shape index (κ2) is 6.49. The molecule has 0 saturated heterocycles. The van der Waals surface area contributed by atoms with Gasteiger partial charge in [0, 0.05) is 5.56 Å².